The van der Waals surface area contributed by atoms with Crippen LogP contribution in [0.15, 0.2) is 0 Å². The molecule has 102 valence electrons. The second kappa shape index (κ2) is 7.50. The van der Waals surface area contributed by atoms with Crippen LogP contribution in [0.2, 0.25) is 0 Å². The van der Waals surface area contributed by atoms with E-state index in [-0.39, 0.29) is 26.1 Å². The van der Waals surface area contributed by atoms with E-state index in [9.17, 15) is 18.0 Å². The number of aliphatic hydroxyl groups excluding tert-OH is 1. The summed E-state index contributed by atoms with van der Waals surface area (Å²) in [7, 11) is 0. The third kappa shape index (κ3) is 7.17. The maximum atomic E-state index is 12.1. The molecule has 0 aromatic rings. The standard InChI is InChI=1S/C10H18F3NO3/c1-2-5-14(6-4-10(11,12)13)8(3-7-15)9(16)17/h8,15H,2-7H2,1H3,(H,16,17)/t8-/m0/s1. The van der Waals surface area contributed by atoms with Crippen molar-refractivity contribution in [1.29, 1.82) is 0 Å². The average Bonchev–Trinajstić information content (AvgIpc) is 2.19. The summed E-state index contributed by atoms with van der Waals surface area (Å²) in [6.45, 7) is 1.32. The van der Waals surface area contributed by atoms with Crippen molar-refractivity contribution in [1.82, 2.24) is 4.90 Å². The molecule has 0 saturated carbocycles. The van der Waals surface area contributed by atoms with Gasteiger partial charge in [0.25, 0.3) is 0 Å². The molecule has 0 spiro atoms. The van der Waals surface area contributed by atoms with E-state index in [4.69, 9.17) is 10.2 Å². The number of halogens is 3. The predicted octanol–water partition coefficient (Wildman–Crippen LogP) is 1.49. The minimum absolute atomic E-state index is 0.0623. The van der Waals surface area contributed by atoms with Crippen molar-refractivity contribution >= 4 is 5.97 Å². The van der Waals surface area contributed by atoms with Gasteiger partial charge in [0.05, 0.1) is 6.42 Å². The molecule has 0 saturated heterocycles. The number of carboxylic acids is 1. The van der Waals surface area contributed by atoms with Crippen LogP contribution in [0.1, 0.15) is 26.2 Å². The Kier molecular flexibility index (Phi) is 7.13. The van der Waals surface area contributed by atoms with Gasteiger partial charge < -0.3 is 10.2 Å². The quantitative estimate of drug-likeness (QED) is 0.691. The highest BCUT2D eigenvalue weighted by molar-refractivity contribution is 5.73. The van der Waals surface area contributed by atoms with Crippen molar-refractivity contribution in [2.24, 2.45) is 0 Å². The largest absolute Gasteiger partial charge is 0.480 e. The summed E-state index contributed by atoms with van der Waals surface area (Å²) in [5.41, 5.74) is 0. The lowest BCUT2D eigenvalue weighted by Gasteiger charge is -2.28. The van der Waals surface area contributed by atoms with Crippen molar-refractivity contribution in [3.63, 3.8) is 0 Å². The Labute approximate surface area is 98.0 Å². The van der Waals surface area contributed by atoms with Gasteiger partial charge in [0.15, 0.2) is 0 Å². The van der Waals surface area contributed by atoms with E-state index in [0.717, 1.165) is 0 Å². The van der Waals surface area contributed by atoms with Crippen molar-refractivity contribution in [3.8, 4) is 0 Å². The first-order valence-electron chi connectivity index (χ1n) is 5.46. The van der Waals surface area contributed by atoms with Crippen molar-refractivity contribution < 1.29 is 28.2 Å². The van der Waals surface area contributed by atoms with Gasteiger partial charge in [-0.2, -0.15) is 13.2 Å². The van der Waals surface area contributed by atoms with Gasteiger partial charge in [-0.15, -0.1) is 0 Å². The molecule has 0 fully saturated rings. The zero-order valence-corrected chi connectivity index (χ0v) is 9.70. The van der Waals surface area contributed by atoms with E-state index in [1.54, 1.807) is 6.92 Å². The van der Waals surface area contributed by atoms with Gasteiger partial charge >= 0.3 is 12.1 Å². The van der Waals surface area contributed by atoms with Gasteiger partial charge in [0.2, 0.25) is 0 Å². The van der Waals surface area contributed by atoms with E-state index < -0.39 is 24.6 Å². The van der Waals surface area contributed by atoms with E-state index in [0.29, 0.717) is 6.42 Å². The number of aliphatic carboxylic acids is 1. The molecule has 0 aromatic carbocycles. The van der Waals surface area contributed by atoms with E-state index in [1.165, 1.54) is 4.90 Å². The summed E-state index contributed by atoms with van der Waals surface area (Å²) in [4.78, 5) is 12.2. The molecule has 17 heavy (non-hydrogen) atoms. The number of nitrogens with zero attached hydrogens (tertiary/aromatic N) is 1. The molecular weight excluding hydrogens is 239 g/mol. The highest BCUT2D eigenvalue weighted by Gasteiger charge is 2.31. The first kappa shape index (κ1) is 16.2. The molecule has 2 N–H and O–H groups in total. The molecule has 0 aliphatic heterocycles. The topological polar surface area (TPSA) is 60.8 Å². The van der Waals surface area contributed by atoms with Crippen LogP contribution in [0.5, 0.6) is 0 Å². The second-order valence-electron chi connectivity index (χ2n) is 3.77. The Morgan fingerprint density at radius 1 is 1.35 bits per heavy atom. The summed E-state index contributed by atoms with van der Waals surface area (Å²) in [5.74, 6) is -1.20. The number of hydrogen-bond acceptors (Lipinski definition) is 3. The molecule has 0 amide bonds. The third-order valence-electron chi connectivity index (χ3n) is 2.32. The van der Waals surface area contributed by atoms with Gasteiger partial charge in [-0.3, -0.25) is 9.69 Å². The van der Waals surface area contributed by atoms with Gasteiger partial charge in [-0.25, -0.2) is 0 Å². The number of hydrogen-bond donors (Lipinski definition) is 2. The lowest BCUT2D eigenvalue weighted by molar-refractivity contribution is -0.151. The maximum Gasteiger partial charge on any atom is 0.390 e. The lowest BCUT2D eigenvalue weighted by atomic mass is 10.1. The summed E-state index contributed by atoms with van der Waals surface area (Å²) >= 11 is 0. The molecule has 0 aliphatic carbocycles. The van der Waals surface area contributed by atoms with Crippen molar-refractivity contribution in [2.75, 3.05) is 19.7 Å². The van der Waals surface area contributed by atoms with Gasteiger partial charge in [-0.05, 0) is 19.4 Å². The zero-order valence-electron chi connectivity index (χ0n) is 9.70. The Morgan fingerprint density at radius 3 is 2.29 bits per heavy atom. The Bertz CT molecular complexity index is 233. The molecule has 0 rings (SSSR count). The van der Waals surface area contributed by atoms with Crippen molar-refractivity contribution in [3.05, 3.63) is 0 Å². The van der Waals surface area contributed by atoms with Crippen LogP contribution in [-0.4, -0.2) is 53.0 Å². The van der Waals surface area contributed by atoms with Gasteiger partial charge in [0, 0.05) is 13.2 Å². The lowest BCUT2D eigenvalue weighted by Crippen LogP contribution is -2.43. The Hall–Kier alpha value is -0.820. The summed E-state index contributed by atoms with van der Waals surface area (Å²) in [6, 6.07) is -1.05. The van der Waals surface area contributed by atoms with E-state index in [1.807, 2.05) is 0 Å². The molecule has 0 aromatic heterocycles. The number of aliphatic hydroxyl groups is 1. The second-order valence-corrected chi connectivity index (χ2v) is 3.77. The maximum absolute atomic E-state index is 12.1. The van der Waals surface area contributed by atoms with E-state index in [2.05, 4.69) is 0 Å². The predicted molar refractivity (Wildman–Crippen MR) is 55.7 cm³/mol. The number of carboxylic acid groups (broad SMARTS) is 1. The highest BCUT2D eigenvalue weighted by atomic mass is 19.4. The molecule has 0 bridgehead atoms. The fourth-order valence-electron chi connectivity index (χ4n) is 1.57. The average molecular weight is 257 g/mol. The number of rotatable bonds is 8. The van der Waals surface area contributed by atoms with Crippen LogP contribution in [-0.2, 0) is 4.79 Å². The Balaban J connectivity index is 4.50. The zero-order chi connectivity index (χ0) is 13.5. The first-order valence-corrected chi connectivity index (χ1v) is 5.46. The monoisotopic (exact) mass is 257 g/mol. The molecule has 0 unspecified atom stereocenters. The van der Waals surface area contributed by atoms with Crippen LogP contribution in [0, 0.1) is 0 Å². The Morgan fingerprint density at radius 2 is 1.94 bits per heavy atom. The minimum Gasteiger partial charge on any atom is -0.480 e. The summed E-state index contributed by atoms with van der Waals surface area (Å²) in [5, 5.41) is 17.6. The van der Waals surface area contributed by atoms with Gasteiger partial charge in [0.1, 0.15) is 6.04 Å². The SMILES string of the molecule is CCCN(CCC(F)(F)F)[C@@H](CCO)C(=O)O. The van der Waals surface area contributed by atoms with Crippen LogP contribution in [0.25, 0.3) is 0 Å². The third-order valence-corrected chi connectivity index (χ3v) is 2.32. The molecule has 0 radical (unpaired) electrons. The normalized spacial score (nSPS) is 14.0. The van der Waals surface area contributed by atoms with Crippen LogP contribution >= 0.6 is 0 Å². The van der Waals surface area contributed by atoms with Crippen LogP contribution < -0.4 is 0 Å². The highest BCUT2D eigenvalue weighted by Crippen LogP contribution is 2.21. The van der Waals surface area contributed by atoms with E-state index >= 15 is 0 Å². The number of alkyl halides is 3. The van der Waals surface area contributed by atoms with Gasteiger partial charge in [-0.1, -0.05) is 6.92 Å². The first-order chi connectivity index (χ1) is 7.81. The fourth-order valence-corrected chi connectivity index (χ4v) is 1.57. The molecule has 7 heteroatoms. The molecule has 0 aliphatic rings. The fraction of sp³-hybridized carbons (Fsp3) is 0.900. The molecule has 0 heterocycles. The smallest absolute Gasteiger partial charge is 0.390 e. The van der Waals surface area contributed by atoms with Crippen LogP contribution in [0.3, 0.4) is 0 Å². The summed E-state index contributed by atoms with van der Waals surface area (Å²) < 4.78 is 36.2. The molecule has 4 nitrogen and oxygen atoms in total. The minimum atomic E-state index is -4.30. The molecular formula is C10H18F3NO3. The summed E-state index contributed by atoms with van der Waals surface area (Å²) in [6.07, 6.45) is -4.84. The van der Waals surface area contributed by atoms with Crippen molar-refractivity contribution in [2.45, 2.75) is 38.4 Å². The van der Waals surface area contributed by atoms with Crippen LogP contribution in [0.4, 0.5) is 13.2 Å². The number of carbonyl (C=O) groups is 1. The molecule has 1 atom stereocenters.